The molecule has 0 aromatic carbocycles. The minimum Gasteiger partial charge on any atom is -0.481 e. The molecular weight excluding hydrogens is 216 g/mol. The van der Waals surface area contributed by atoms with Crippen LogP contribution in [-0.2, 0) is 0 Å². The molecule has 0 aliphatic carbocycles. The first-order valence-electron chi connectivity index (χ1n) is 5.89. The summed E-state index contributed by atoms with van der Waals surface area (Å²) in [4.78, 5) is 10.4. The molecule has 5 heteroatoms. The number of methoxy groups -OCH3 is 1. The predicted molar refractivity (Wildman–Crippen MR) is 69.6 cm³/mol. The maximum absolute atomic E-state index is 5.15. The molecule has 96 valence electrons. The largest absolute Gasteiger partial charge is 0.481 e. The molecule has 0 unspecified atom stereocenters. The summed E-state index contributed by atoms with van der Waals surface area (Å²) < 4.78 is 5.15. The van der Waals surface area contributed by atoms with Crippen LogP contribution in [0.25, 0.3) is 0 Å². The van der Waals surface area contributed by atoms with Crippen LogP contribution in [0.4, 0.5) is 5.82 Å². The van der Waals surface area contributed by atoms with Gasteiger partial charge in [0.05, 0.1) is 12.7 Å². The molecule has 1 aromatic heterocycles. The highest BCUT2D eigenvalue weighted by molar-refractivity contribution is 5.47. The summed E-state index contributed by atoms with van der Waals surface area (Å²) in [6.45, 7) is 4.00. The highest BCUT2D eigenvalue weighted by Crippen LogP contribution is 2.19. The van der Waals surface area contributed by atoms with Gasteiger partial charge in [-0.05, 0) is 40.4 Å². The van der Waals surface area contributed by atoms with Crippen LogP contribution >= 0.6 is 0 Å². The number of rotatable bonds is 7. The van der Waals surface area contributed by atoms with Gasteiger partial charge in [-0.15, -0.1) is 0 Å². The van der Waals surface area contributed by atoms with Crippen LogP contribution in [0.2, 0.25) is 0 Å². The summed E-state index contributed by atoms with van der Waals surface area (Å²) in [6, 6.07) is 0. The zero-order valence-corrected chi connectivity index (χ0v) is 11.2. The van der Waals surface area contributed by atoms with Gasteiger partial charge in [0.2, 0.25) is 5.88 Å². The van der Waals surface area contributed by atoms with Crippen molar-refractivity contribution in [2.75, 3.05) is 39.6 Å². The number of nitrogens with zero attached hydrogens (tertiary/aromatic N) is 3. The van der Waals surface area contributed by atoms with Gasteiger partial charge >= 0.3 is 0 Å². The Morgan fingerprint density at radius 1 is 1.29 bits per heavy atom. The first-order valence-corrected chi connectivity index (χ1v) is 5.89. The highest BCUT2D eigenvalue weighted by Gasteiger charge is 2.05. The SMILES string of the molecule is COc1ncnc(NCCCCN(C)C)c1C. The fourth-order valence-corrected chi connectivity index (χ4v) is 1.58. The maximum atomic E-state index is 5.15. The van der Waals surface area contributed by atoms with Crippen LogP contribution in [0.3, 0.4) is 0 Å². The molecule has 0 saturated carbocycles. The lowest BCUT2D eigenvalue weighted by molar-refractivity contribution is 0.393. The summed E-state index contributed by atoms with van der Waals surface area (Å²) in [7, 11) is 5.80. The molecule has 0 amide bonds. The lowest BCUT2D eigenvalue weighted by atomic mass is 10.3. The second-order valence-corrected chi connectivity index (χ2v) is 4.29. The first-order chi connectivity index (χ1) is 8.15. The molecule has 0 bridgehead atoms. The summed E-state index contributed by atoms with van der Waals surface area (Å²) in [5.74, 6) is 1.50. The quantitative estimate of drug-likeness (QED) is 0.730. The van der Waals surface area contributed by atoms with Crippen LogP contribution in [0.15, 0.2) is 6.33 Å². The van der Waals surface area contributed by atoms with Crippen molar-refractivity contribution < 1.29 is 4.74 Å². The van der Waals surface area contributed by atoms with E-state index in [4.69, 9.17) is 4.74 Å². The van der Waals surface area contributed by atoms with Crippen molar-refractivity contribution in [1.82, 2.24) is 14.9 Å². The van der Waals surface area contributed by atoms with Gasteiger partial charge in [0, 0.05) is 6.54 Å². The normalized spacial score (nSPS) is 10.6. The summed E-state index contributed by atoms with van der Waals surface area (Å²) in [5.41, 5.74) is 0.961. The van der Waals surface area contributed by atoms with E-state index in [1.165, 1.54) is 12.7 Å². The first kappa shape index (κ1) is 13.7. The van der Waals surface area contributed by atoms with Gasteiger partial charge in [0.25, 0.3) is 0 Å². The fraction of sp³-hybridized carbons (Fsp3) is 0.667. The molecule has 1 rings (SSSR count). The molecule has 0 radical (unpaired) electrons. The molecule has 1 aromatic rings. The lowest BCUT2D eigenvalue weighted by Gasteiger charge is -2.11. The van der Waals surface area contributed by atoms with E-state index >= 15 is 0 Å². The van der Waals surface area contributed by atoms with Gasteiger partial charge < -0.3 is 15.0 Å². The van der Waals surface area contributed by atoms with Crippen LogP contribution in [0, 0.1) is 6.92 Å². The summed E-state index contributed by atoms with van der Waals surface area (Å²) in [6.07, 6.45) is 3.83. The van der Waals surface area contributed by atoms with Crippen molar-refractivity contribution >= 4 is 5.82 Å². The van der Waals surface area contributed by atoms with Crippen molar-refractivity contribution in [3.05, 3.63) is 11.9 Å². The van der Waals surface area contributed by atoms with Crippen molar-refractivity contribution in [2.45, 2.75) is 19.8 Å². The highest BCUT2D eigenvalue weighted by atomic mass is 16.5. The van der Waals surface area contributed by atoms with Crippen LogP contribution in [0.5, 0.6) is 5.88 Å². The van der Waals surface area contributed by atoms with E-state index in [2.05, 4.69) is 34.3 Å². The number of aromatic nitrogens is 2. The van der Waals surface area contributed by atoms with E-state index in [9.17, 15) is 0 Å². The van der Waals surface area contributed by atoms with Crippen molar-refractivity contribution in [3.8, 4) is 5.88 Å². The molecule has 0 aliphatic rings. The van der Waals surface area contributed by atoms with Gasteiger partial charge in [-0.25, -0.2) is 9.97 Å². The summed E-state index contributed by atoms with van der Waals surface area (Å²) >= 11 is 0. The topological polar surface area (TPSA) is 50.3 Å². The molecule has 0 fully saturated rings. The maximum Gasteiger partial charge on any atom is 0.221 e. The Hall–Kier alpha value is -1.36. The predicted octanol–water partition coefficient (Wildman–Crippen LogP) is 1.55. The Bertz CT molecular complexity index is 341. The molecule has 17 heavy (non-hydrogen) atoms. The zero-order chi connectivity index (χ0) is 12.7. The molecular formula is C12H22N4O. The fourth-order valence-electron chi connectivity index (χ4n) is 1.58. The Balaban J connectivity index is 2.36. The molecule has 1 N–H and O–H groups in total. The Labute approximate surface area is 103 Å². The minimum absolute atomic E-state index is 0.635. The van der Waals surface area contributed by atoms with Gasteiger partial charge in [0.15, 0.2) is 0 Å². The second-order valence-electron chi connectivity index (χ2n) is 4.29. The number of ether oxygens (including phenoxy) is 1. The number of anilines is 1. The monoisotopic (exact) mass is 238 g/mol. The van der Waals surface area contributed by atoms with E-state index in [0.29, 0.717) is 5.88 Å². The molecule has 5 nitrogen and oxygen atoms in total. The van der Waals surface area contributed by atoms with Gasteiger partial charge in [-0.3, -0.25) is 0 Å². The van der Waals surface area contributed by atoms with Crippen molar-refractivity contribution in [1.29, 1.82) is 0 Å². The van der Waals surface area contributed by atoms with E-state index < -0.39 is 0 Å². The molecule has 1 heterocycles. The van der Waals surface area contributed by atoms with Gasteiger partial charge in [-0.2, -0.15) is 0 Å². The standard InChI is InChI=1S/C12H22N4O/c1-10-11(14-9-15-12(10)17-4)13-7-5-6-8-16(2)3/h9H,5-8H2,1-4H3,(H,13,14,15). The third kappa shape index (κ3) is 4.56. The molecule has 0 saturated heterocycles. The Kier molecular flexibility index (Phi) is 5.69. The second kappa shape index (κ2) is 7.06. The molecule has 0 aliphatic heterocycles. The average molecular weight is 238 g/mol. The van der Waals surface area contributed by atoms with Gasteiger partial charge in [0.1, 0.15) is 12.1 Å². The number of hydrogen-bond acceptors (Lipinski definition) is 5. The smallest absolute Gasteiger partial charge is 0.221 e. The van der Waals surface area contributed by atoms with Crippen LogP contribution in [-0.4, -0.2) is 49.2 Å². The van der Waals surface area contributed by atoms with Gasteiger partial charge in [-0.1, -0.05) is 0 Å². The number of nitrogens with one attached hydrogen (secondary N) is 1. The van der Waals surface area contributed by atoms with Crippen LogP contribution < -0.4 is 10.1 Å². The van der Waals surface area contributed by atoms with E-state index in [0.717, 1.165) is 30.9 Å². The van der Waals surface area contributed by atoms with Crippen molar-refractivity contribution in [2.24, 2.45) is 0 Å². The van der Waals surface area contributed by atoms with Crippen molar-refractivity contribution in [3.63, 3.8) is 0 Å². The summed E-state index contributed by atoms with van der Waals surface area (Å²) in [5, 5.41) is 3.31. The number of unbranched alkanes of at least 4 members (excludes halogenated alkanes) is 1. The lowest BCUT2D eigenvalue weighted by Crippen LogP contribution is -2.14. The Morgan fingerprint density at radius 3 is 2.71 bits per heavy atom. The zero-order valence-electron chi connectivity index (χ0n) is 11.2. The Morgan fingerprint density at radius 2 is 2.06 bits per heavy atom. The van der Waals surface area contributed by atoms with E-state index in [-0.39, 0.29) is 0 Å². The third-order valence-corrected chi connectivity index (χ3v) is 2.56. The number of hydrogen-bond donors (Lipinski definition) is 1. The van der Waals surface area contributed by atoms with E-state index in [1.54, 1.807) is 7.11 Å². The molecule has 0 spiro atoms. The van der Waals surface area contributed by atoms with E-state index in [1.807, 2.05) is 6.92 Å². The van der Waals surface area contributed by atoms with Crippen LogP contribution in [0.1, 0.15) is 18.4 Å². The third-order valence-electron chi connectivity index (χ3n) is 2.56. The minimum atomic E-state index is 0.635. The average Bonchev–Trinajstić information content (AvgIpc) is 2.30. The molecule has 0 atom stereocenters.